The molecule has 2 rings (SSSR count). The van der Waals surface area contributed by atoms with Crippen LogP contribution in [-0.2, 0) is 4.79 Å². The van der Waals surface area contributed by atoms with Crippen molar-refractivity contribution in [2.45, 2.75) is 6.92 Å². The van der Waals surface area contributed by atoms with Gasteiger partial charge >= 0.3 is 0 Å². The van der Waals surface area contributed by atoms with Gasteiger partial charge in [-0.2, -0.15) is 0 Å². The first-order valence-electron chi connectivity index (χ1n) is 8.32. The van der Waals surface area contributed by atoms with Gasteiger partial charge in [-0.15, -0.1) is 0 Å². The van der Waals surface area contributed by atoms with E-state index >= 15 is 0 Å². The Labute approximate surface area is 154 Å². The third kappa shape index (κ3) is 6.36. The van der Waals surface area contributed by atoms with Gasteiger partial charge in [0.1, 0.15) is 24.7 Å². The zero-order valence-electron chi connectivity index (χ0n) is 15.0. The molecule has 2 aromatic rings. The van der Waals surface area contributed by atoms with Crippen molar-refractivity contribution in [3.63, 3.8) is 0 Å². The molecule has 0 aromatic heterocycles. The minimum atomic E-state index is -0.154. The molecule has 0 radical (unpaired) electrons. The highest BCUT2D eigenvalue weighted by Gasteiger charge is 2.06. The third-order valence-corrected chi connectivity index (χ3v) is 3.31. The maximum absolute atomic E-state index is 12.1. The Morgan fingerprint density at radius 2 is 1.85 bits per heavy atom. The molecule has 0 aliphatic heterocycles. The number of hydrogen-bond acceptors (Lipinski definition) is 4. The lowest BCUT2D eigenvalue weighted by Gasteiger charge is -2.12. The maximum atomic E-state index is 12.1. The molecule has 2 aromatic carbocycles. The van der Waals surface area contributed by atoms with Gasteiger partial charge in [0, 0.05) is 5.69 Å². The zero-order valence-corrected chi connectivity index (χ0v) is 15.0. The Morgan fingerprint density at radius 3 is 2.54 bits per heavy atom. The molecule has 5 nitrogen and oxygen atoms in total. The Kier molecular flexibility index (Phi) is 7.31. The number of hydrogen-bond donors (Lipinski definition) is 2. The molecule has 2 N–H and O–H groups in total. The fraction of sp³-hybridized carbons (Fsp3) is 0.190. The van der Waals surface area contributed by atoms with Gasteiger partial charge in [-0.25, -0.2) is 0 Å². The summed E-state index contributed by atoms with van der Waals surface area (Å²) in [5.41, 5.74) is 2.41. The first kappa shape index (κ1) is 19.1. The average Bonchev–Trinajstić information content (AvgIpc) is 2.64. The monoisotopic (exact) mass is 352 g/mol. The van der Waals surface area contributed by atoms with Crippen molar-refractivity contribution in [1.29, 1.82) is 0 Å². The van der Waals surface area contributed by atoms with Crippen molar-refractivity contribution in [2.75, 3.05) is 30.4 Å². The first-order chi connectivity index (χ1) is 12.6. The maximum Gasteiger partial charge on any atom is 0.243 e. The summed E-state index contributed by atoms with van der Waals surface area (Å²) in [5.74, 6) is 1.26. The van der Waals surface area contributed by atoms with Crippen molar-refractivity contribution >= 4 is 17.3 Å². The van der Waals surface area contributed by atoms with E-state index < -0.39 is 0 Å². The Bertz CT molecular complexity index is 754. The molecule has 0 fully saturated rings. The summed E-state index contributed by atoms with van der Waals surface area (Å²) in [6.45, 7) is 10.3. The molecule has 1 amide bonds. The van der Waals surface area contributed by atoms with Crippen molar-refractivity contribution in [3.05, 3.63) is 73.3 Å². The number of nitrogens with one attached hydrogen (secondary N) is 2. The molecule has 0 saturated heterocycles. The number of amides is 1. The van der Waals surface area contributed by atoms with E-state index in [1.165, 1.54) is 0 Å². The van der Waals surface area contributed by atoms with Crippen LogP contribution in [0.15, 0.2) is 73.3 Å². The summed E-state index contributed by atoms with van der Waals surface area (Å²) in [7, 11) is 0. The van der Waals surface area contributed by atoms with Gasteiger partial charge in [0.15, 0.2) is 0 Å². The van der Waals surface area contributed by atoms with Crippen molar-refractivity contribution < 1.29 is 14.3 Å². The van der Waals surface area contributed by atoms with Gasteiger partial charge in [0.25, 0.3) is 0 Å². The summed E-state index contributed by atoms with van der Waals surface area (Å²) in [5, 5.41) is 5.92. The molecule has 136 valence electrons. The van der Waals surface area contributed by atoms with E-state index in [-0.39, 0.29) is 12.5 Å². The van der Waals surface area contributed by atoms with Crippen LogP contribution >= 0.6 is 0 Å². The van der Waals surface area contributed by atoms with E-state index in [2.05, 4.69) is 23.8 Å². The summed E-state index contributed by atoms with van der Waals surface area (Å²) >= 11 is 0. The molecule has 0 bridgehead atoms. The summed E-state index contributed by atoms with van der Waals surface area (Å²) in [6, 6.07) is 14.7. The van der Waals surface area contributed by atoms with Crippen LogP contribution in [0.25, 0.3) is 0 Å². The van der Waals surface area contributed by atoms with E-state index in [0.717, 1.165) is 17.0 Å². The van der Waals surface area contributed by atoms with E-state index in [9.17, 15) is 4.79 Å². The smallest absolute Gasteiger partial charge is 0.243 e. The van der Waals surface area contributed by atoms with E-state index in [1.54, 1.807) is 18.2 Å². The molecule has 0 spiro atoms. The highest BCUT2D eigenvalue weighted by molar-refractivity contribution is 5.94. The number of benzene rings is 2. The number of carbonyl (C=O) groups excluding carboxylic acids is 1. The fourth-order valence-electron chi connectivity index (χ4n) is 2.11. The van der Waals surface area contributed by atoms with Crippen LogP contribution in [0.2, 0.25) is 0 Å². The number of para-hydroxylation sites is 2. The minimum absolute atomic E-state index is 0.127. The Balaban J connectivity index is 1.85. The summed E-state index contributed by atoms with van der Waals surface area (Å²) < 4.78 is 11.1. The van der Waals surface area contributed by atoms with Gasteiger partial charge in [-0.1, -0.05) is 31.4 Å². The van der Waals surface area contributed by atoms with E-state index in [1.807, 2.05) is 43.3 Å². The number of anilines is 2. The van der Waals surface area contributed by atoms with Crippen molar-refractivity contribution in [1.82, 2.24) is 0 Å². The number of rotatable bonds is 10. The third-order valence-electron chi connectivity index (χ3n) is 3.31. The molecule has 26 heavy (non-hydrogen) atoms. The predicted octanol–water partition coefficient (Wildman–Crippen LogP) is 4.26. The predicted molar refractivity (Wildman–Crippen MR) is 106 cm³/mol. The minimum Gasteiger partial charge on any atom is -0.489 e. The van der Waals surface area contributed by atoms with Crippen LogP contribution in [0.5, 0.6) is 11.5 Å². The highest BCUT2D eigenvalue weighted by atomic mass is 16.5. The number of ether oxygens (including phenoxy) is 2. The van der Waals surface area contributed by atoms with Gasteiger partial charge < -0.3 is 20.1 Å². The second-order valence-electron chi connectivity index (χ2n) is 5.77. The lowest BCUT2D eigenvalue weighted by atomic mass is 10.3. The second-order valence-corrected chi connectivity index (χ2v) is 5.77. The van der Waals surface area contributed by atoms with Crippen LogP contribution in [0.1, 0.15) is 6.92 Å². The highest BCUT2D eigenvalue weighted by Crippen LogP contribution is 2.23. The normalized spacial score (nSPS) is 9.88. The number of carbonyl (C=O) groups is 1. The van der Waals surface area contributed by atoms with Crippen LogP contribution in [-0.4, -0.2) is 25.7 Å². The molecular weight excluding hydrogens is 328 g/mol. The van der Waals surface area contributed by atoms with E-state index in [0.29, 0.717) is 24.7 Å². The Morgan fingerprint density at radius 1 is 1.12 bits per heavy atom. The lowest BCUT2D eigenvalue weighted by molar-refractivity contribution is -0.114. The van der Waals surface area contributed by atoms with Gasteiger partial charge in [0.2, 0.25) is 5.91 Å². The van der Waals surface area contributed by atoms with Crippen LogP contribution in [0.3, 0.4) is 0 Å². The topological polar surface area (TPSA) is 59.6 Å². The van der Waals surface area contributed by atoms with Gasteiger partial charge in [-0.05, 0) is 48.9 Å². The standard InChI is InChI=1S/C21H24N2O3/c1-4-13-25-20-8-6-5-7-19(20)22-14-21(24)23-17-9-11-18(12-10-17)26-15-16(2)3/h4-12,22H,1-2,13-15H2,3H3,(H,23,24). The Hall–Kier alpha value is -3.21. The molecule has 0 atom stereocenters. The van der Waals surface area contributed by atoms with Crippen molar-refractivity contribution in [3.8, 4) is 11.5 Å². The lowest BCUT2D eigenvalue weighted by Crippen LogP contribution is -2.22. The SMILES string of the molecule is C=CCOc1ccccc1NCC(=O)Nc1ccc(OCC(=C)C)cc1. The summed E-state index contributed by atoms with van der Waals surface area (Å²) in [6.07, 6.45) is 1.67. The fourth-order valence-corrected chi connectivity index (χ4v) is 2.11. The second kappa shape index (κ2) is 9.93. The molecule has 0 aliphatic carbocycles. The van der Waals surface area contributed by atoms with Gasteiger partial charge in [0.05, 0.1) is 12.2 Å². The first-order valence-corrected chi connectivity index (χ1v) is 8.32. The molecular formula is C21H24N2O3. The summed E-state index contributed by atoms with van der Waals surface area (Å²) in [4.78, 5) is 12.1. The molecule has 5 heteroatoms. The van der Waals surface area contributed by atoms with Crippen LogP contribution in [0, 0.1) is 0 Å². The zero-order chi connectivity index (χ0) is 18.8. The van der Waals surface area contributed by atoms with Crippen molar-refractivity contribution in [2.24, 2.45) is 0 Å². The molecule has 0 unspecified atom stereocenters. The van der Waals surface area contributed by atoms with Crippen LogP contribution in [0.4, 0.5) is 11.4 Å². The quantitative estimate of drug-likeness (QED) is 0.627. The largest absolute Gasteiger partial charge is 0.489 e. The molecule has 0 heterocycles. The van der Waals surface area contributed by atoms with E-state index in [4.69, 9.17) is 9.47 Å². The van der Waals surface area contributed by atoms with Gasteiger partial charge in [-0.3, -0.25) is 4.79 Å². The molecule has 0 saturated carbocycles. The average molecular weight is 352 g/mol. The molecule has 0 aliphatic rings. The van der Waals surface area contributed by atoms with Crippen LogP contribution < -0.4 is 20.1 Å².